The van der Waals surface area contributed by atoms with Crippen LogP contribution in [0.25, 0.3) is 0 Å². The molecule has 1 aromatic heterocycles. The van der Waals surface area contributed by atoms with Crippen molar-refractivity contribution in [3.63, 3.8) is 0 Å². The van der Waals surface area contributed by atoms with E-state index in [1.807, 2.05) is 13.8 Å². The smallest absolute Gasteiger partial charge is 0.323 e. The Morgan fingerprint density at radius 2 is 2.00 bits per heavy atom. The third-order valence-corrected chi connectivity index (χ3v) is 3.59. The molecule has 4 N–H and O–H groups in total. The maximum absolute atomic E-state index is 9.58. The van der Waals surface area contributed by atoms with E-state index < -0.39 is 0 Å². The lowest BCUT2D eigenvalue weighted by Crippen LogP contribution is -2.31. The van der Waals surface area contributed by atoms with Crippen LogP contribution in [0.3, 0.4) is 0 Å². The Balaban J connectivity index is 2.03. The average Bonchev–Trinajstić information content (AvgIpc) is 2.84. The van der Waals surface area contributed by atoms with E-state index in [2.05, 4.69) is 20.3 Å². The fraction of sp³-hybridized carbons (Fsp3) is 0.769. The second-order valence-electron chi connectivity index (χ2n) is 5.69. The van der Waals surface area contributed by atoms with Crippen LogP contribution in [-0.2, 0) is 0 Å². The summed E-state index contributed by atoms with van der Waals surface area (Å²) in [5.74, 6) is 0.524. The summed E-state index contributed by atoms with van der Waals surface area (Å²) in [5, 5.41) is 12.7. The summed E-state index contributed by atoms with van der Waals surface area (Å²) in [5.41, 5.74) is 5.58. The van der Waals surface area contributed by atoms with Crippen molar-refractivity contribution < 1.29 is 9.84 Å². The molecule has 0 atom stereocenters. The number of aliphatic hydroxyl groups is 1. The lowest BCUT2D eigenvalue weighted by molar-refractivity contribution is 0.142. The highest BCUT2D eigenvalue weighted by molar-refractivity contribution is 5.33. The molecule has 0 bridgehead atoms. The standard InChI is InChI=1S/C13H23N5O2/c1-9(2)20-12-17-10(14)16-11(18-12)15-7-13(8-19)5-3-4-6-13/h9,19H,3-8H2,1-2H3,(H3,14,15,16,17,18). The highest BCUT2D eigenvalue weighted by Crippen LogP contribution is 2.37. The number of nitrogens with two attached hydrogens (primary N) is 1. The van der Waals surface area contributed by atoms with Gasteiger partial charge in [-0.05, 0) is 26.7 Å². The number of anilines is 2. The van der Waals surface area contributed by atoms with E-state index in [0.717, 1.165) is 25.7 Å². The maximum Gasteiger partial charge on any atom is 0.323 e. The second kappa shape index (κ2) is 6.21. The molecule has 1 aliphatic carbocycles. The van der Waals surface area contributed by atoms with Gasteiger partial charge in [0.25, 0.3) is 0 Å². The molecule has 1 saturated carbocycles. The van der Waals surface area contributed by atoms with Crippen LogP contribution < -0.4 is 15.8 Å². The number of nitrogens with zero attached hydrogens (tertiary/aromatic N) is 3. The van der Waals surface area contributed by atoms with Gasteiger partial charge >= 0.3 is 6.01 Å². The third-order valence-electron chi connectivity index (χ3n) is 3.59. The molecule has 0 unspecified atom stereocenters. The quantitative estimate of drug-likeness (QED) is 0.719. The monoisotopic (exact) mass is 281 g/mol. The largest absolute Gasteiger partial charge is 0.461 e. The van der Waals surface area contributed by atoms with Gasteiger partial charge in [-0.15, -0.1) is 0 Å². The first-order chi connectivity index (χ1) is 9.53. The van der Waals surface area contributed by atoms with Crippen LogP contribution in [-0.4, -0.2) is 39.3 Å². The van der Waals surface area contributed by atoms with E-state index in [4.69, 9.17) is 10.5 Å². The minimum absolute atomic E-state index is 0.0248. The Kier molecular flexibility index (Phi) is 4.59. The molecule has 0 saturated heterocycles. The first-order valence-corrected chi connectivity index (χ1v) is 7.06. The first-order valence-electron chi connectivity index (χ1n) is 7.06. The lowest BCUT2D eigenvalue weighted by Gasteiger charge is -2.26. The van der Waals surface area contributed by atoms with Crippen LogP contribution in [0, 0.1) is 5.41 Å². The number of rotatable bonds is 6. The normalized spacial score (nSPS) is 17.4. The molecule has 0 aromatic carbocycles. The number of hydrogen-bond acceptors (Lipinski definition) is 7. The molecule has 2 rings (SSSR count). The average molecular weight is 281 g/mol. The van der Waals surface area contributed by atoms with Crippen LogP contribution >= 0.6 is 0 Å². The van der Waals surface area contributed by atoms with Gasteiger partial charge in [-0.1, -0.05) is 12.8 Å². The zero-order valence-electron chi connectivity index (χ0n) is 12.1. The summed E-state index contributed by atoms with van der Waals surface area (Å²) >= 11 is 0. The van der Waals surface area contributed by atoms with E-state index in [9.17, 15) is 5.11 Å². The topological polar surface area (TPSA) is 106 Å². The predicted molar refractivity (Wildman–Crippen MR) is 76.5 cm³/mol. The summed E-state index contributed by atoms with van der Waals surface area (Å²) in [6.07, 6.45) is 4.33. The van der Waals surface area contributed by atoms with E-state index in [-0.39, 0.29) is 30.1 Å². The van der Waals surface area contributed by atoms with E-state index in [0.29, 0.717) is 12.5 Å². The minimum atomic E-state index is -0.0690. The molecule has 7 nitrogen and oxygen atoms in total. The maximum atomic E-state index is 9.58. The van der Waals surface area contributed by atoms with E-state index >= 15 is 0 Å². The molecule has 1 aliphatic rings. The van der Waals surface area contributed by atoms with Gasteiger partial charge in [0.05, 0.1) is 12.7 Å². The number of hydrogen-bond donors (Lipinski definition) is 3. The van der Waals surface area contributed by atoms with E-state index in [1.165, 1.54) is 0 Å². The van der Waals surface area contributed by atoms with Crippen molar-refractivity contribution in [1.29, 1.82) is 0 Å². The van der Waals surface area contributed by atoms with Crippen LogP contribution in [0.5, 0.6) is 6.01 Å². The number of nitrogen functional groups attached to an aromatic ring is 1. The zero-order valence-corrected chi connectivity index (χ0v) is 12.1. The van der Waals surface area contributed by atoms with Gasteiger partial charge in [0.2, 0.25) is 11.9 Å². The van der Waals surface area contributed by atoms with Crippen LogP contribution in [0.15, 0.2) is 0 Å². The number of ether oxygens (including phenoxy) is 1. The summed E-state index contributed by atoms with van der Waals surface area (Å²) in [6.45, 7) is 4.60. The lowest BCUT2D eigenvalue weighted by atomic mass is 9.87. The minimum Gasteiger partial charge on any atom is -0.461 e. The van der Waals surface area contributed by atoms with Crippen molar-refractivity contribution in [3.8, 4) is 6.01 Å². The fourth-order valence-corrected chi connectivity index (χ4v) is 2.50. The van der Waals surface area contributed by atoms with Crippen LogP contribution in [0.2, 0.25) is 0 Å². The Hall–Kier alpha value is -1.63. The SMILES string of the molecule is CC(C)Oc1nc(N)nc(NCC2(CO)CCCC2)n1. The van der Waals surface area contributed by atoms with Gasteiger partial charge in [-0.25, -0.2) is 0 Å². The van der Waals surface area contributed by atoms with Gasteiger partial charge in [-0.2, -0.15) is 15.0 Å². The van der Waals surface area contributed by atoms with Gasteiger partial charge in [0.15, 0.2) is 0 Å². The van der Waals surface area contributed by atoms with Gasteiger partial charge in [0, 0.05) is 12.0 Å². The molecule has 0 spiro atoms. The third kappa shape index (κ3) is 3.69. The summed E-state index contributed by atoms with van der Waals surface area (Å²) in [6, 6.07) is 0.222. The fourth-order valence-electron chi connectivity index (χ4n) is 2.50. The van der Waals surface area contributed by atoms with Gasteiger partial charge < -0.3 is 20.9 Å². The molecule has 20 heavy (non-hydrogen) atoms. The van der Waals surface area contributed by atoms with Crippen molar-refractivity contribution in [1.82, 2.24) is 15.0 Å². The van der Waals surface area contributed by atoms with Gasteiger partial charge in [-0.3, -0.25) is 0 Å². The molecular formula is C13H23N5O2. The highest BCUT2D eigenvalue weighted by Gasteiger charge is 2.33. The molecule has 0 radical (unpaired) electrons. The molecule has 0 aliphatic heterocycles. The first kappa shape index (κ1) is 14.8. The van der Waals surface area contributed by atoms with Crippen molar-refractivity contribution in [2.45, 2.75) is 45.6 Å². The summed E-state index contributed by atoms with van der Waals surface area (Å²) < 4.78 is 5.43. The Morgan fingerprint density at radius 1 is 1.30 bits per heavy atom. The van der Waals surface area contributed by atoms with Crippen molar-refractivity contribution in [2.75, 3.05) is 24.2 Å². The van der Waals surface area contributed by atoms with Crippen molar-refractivity contribution in [3.05, 3.63) is 0 Å². The van der Waals surface area contributed by atoms with E-state index in [1.54, 1.807) is 0 Å². The summed E-state index contributed by atoms with van der Waals surface area (Å²) in [7, 11) is 0. The number of nitrogens with one attached hydrogen (secondary N) is 1. The number of aliphatic hydroxyl groups excluding tert-OH is 1. The molecule has 1 aromatic rings. The molecule has 112 valence electrons. The highest BCUT2D eigenvalue weighted by atomic mass is 16.5. The second-order valence-corrected chi connectivity index (χ2v) is 5.69. The van der Waals surface area contributed by atoms with Gasteiger partial charge in [0.1, 0.15) is 0 Å². The Labute approximate surface area is 119 Å². The van der Waals surface area contributed by atoms with Crippen LogP contribution in [0.1, 0.15) is 39.5 Å². The van der Waals surface area contributed by atoms with Crippen molar-refractivity contribution >= 4 is 11.9 Å². The molecule has 1 heterocycles. The Bertz CT molecular complexity index is 446. The Morgan fingerprint density at radius 3 is 2.60 bits per heavy atom. The molecule has 7 heteroatoms. The zero-order chi connectivity index (χ0) is 14.6. The molecule has 1 fully saturated rings. The van der Waals surface area contributed by atoms with Crippen LogP contribution in [0.4, 0.5) is 11.9 Å². The molecule has 0 amide bonds. The molecular weight excluding hydrogens is 258 g/mol. The summed E-state index contributed by atoms with van der Waals surface area (Å²) in [4.78, 5) is 12.2. The number of aromatic nitrogens is 3. The van der Waals surface area contributed by atoms with Crippen molar-refractivity contribution in [2.24, 2.45) is 5.41 Å². The predicted octanol–water partition coefficient (Wildman–Crippen LogP) is 1.21.